The number of likely N-dealkylation sites (tertiary alicyclic amines) is 1. The highest BCUT2D eigenvalue weighted by Gasteiger charge is 2.43. The van der Waals surface area contributed by atoms with Crippen LogP contribution >= 0.6 is 22.7 Å². The molecule has 0 unspecified atom stereocenters. The first-order valence-electron chi connectivity index (χ1n) is 7.82. The van der Waals surface area contributed by atoms with Crippen molar-refractivity contribution >= 4 is 28.6 Å². The van der Waals surface area contributed by atoms with E-state index in [0.29, 0.717) is 24.5 Å². The van der Waals surface area contributed by atoms with Crippen LogP contribution in [-0.4, -0.2) is 48.1 Å². The van der Waals surface area contributed by atoms with E-state index in [0.717, 1.165) is 36.8 Å². The van der Waals surface area contributed by atoms with Crippen molar-refractivity contribution in [1.82, 2.24) is 15.2 Å². The number of aromatic nitrogens is 1. The van der Waals surface area contributed by atoms with Gasteiger partial charge in [0.2, 0.25) is 0 Å². The fourth-order valence-electron chi connectivity index (χ4n) is 3.46. The van der Waals surface area contributed by atoms with Gasteiger partial charge in [0.1, 0.15) is 5.01 Å². The quantitative estimate of drug-likeness (QED) is 0.898. The first-order valence-corrected chi connectivity index (χ1v) is 9.64. The lowest BCUT2D eigenvalue weighted by atomic mass is 9.93. The summed E-state index contributed by atoms with van der Waals surface area (Å²) in [5, 5.41) is 10.0. The van der Waals surface area contributed by atoms with Crippen molar-refractivity contribution in [3.8, 4) is 0 Å². The molecule has 7 heteroatoms. The lowest BCUT2D eigenvalue weighted by molar-refractivity contribution is 0.0904. The molecule has 0 bridgehead atoms. The van der Waals surface area contributed by atoms with E-state index in [2.05, 4.69) is 15.2 Å². The molecule has 2 aliphatic heterocycles. The molecule has 2 fully saturated rings. The number of rotatable bonds is 5. The Bertz CT molecular complexity index is 644. The molecule has 5 nitrogen and oxygen atoms in total. The van der Waals surface area contributed by atoms with E-state index in [4.69, 9.17) is 4.74 Å². The number of hydrogen-bond donors (Lipinski definition) is 1. The smallest absolute Gasteiger partial charge is 0.252 e. The van der Waals surface area contributed by atoms with Crippen molar-refractivity contribution in [2.24, 2.45) is 11.8 Å². The number of nitrogens with zero attached hydrogens (tertiary/aromatic N) is 2. The van der Waals surface area contributed by atoms with Crippen molar-refractivity contribution in [1.29, 1.82) is 0 Å². The molecule has 2 aromatic heterocycles. The molecule has 0 aromatic carbocycles. The highest BCUT2D eigenvalue weighted by Crippen LogP contribution is 2.34. The van der Waals surface area contributed by atoms with Crippen LogP contribution in [0.15, 0.2) is 28.4 Å². The van der Waals surface area contributed by atoms with Crippen LogP contribution in [0.2, 0.25) is 0 Å². The van der Waals surface area contributed by atoms with Crippen LogP contribution in [0.4, 0.5) is 0 Å². The summed E-state index contributed by atoms with van der Waals surface area (Å²) in [7, 11) is 0. The number of thiazole rings is 1. The van der Waals surface area contributed by atoms with Crippen molar-refractivity contribution in [2.45, 2.75) is 12.6 Å². The summed E-state index contributed by atoms with van der Waals surface area (Å²) in [5.74, 6) is 0.939. The summed E-state index contributed by atoms with van der Waals surface area (Å²) in [6.45, 7) is 4.36. The van der Waals surface area contributed by atoms with Gasteiger partial charge in [0.05, 0.1) is 19.3 Å². The Morgan fingerprint density at radius 1 is 1.43 bits per heavy atom. The van der Waals surface area contributed by atoms with Crippen LogP contribution in [0.3, 0.4) is 0 Å². The molecule has 3 atom stereocenters. The number of hydrogen-bond acceptors (Lipinski definition) is 6. The molecule has 1 amide bonds. The van der Waals surface area contributed by atoms with Gasteiger partial charge in [0.15, 0.2) is 0 Å². The highest BCUT2D eigenvalue weighted by molar-refractivity contribution is 7.09. The maximum atomic E-state index is 12.1. The van der Waals surface area contributed by atoms with Gasteiger partial charge in [-0.15, -0.1) is 11.3 Å². The van der Waals surface area contributed by atoms with Crippen LogP contribution < -0.4 is 5.32 Å². The van der Waals surface area contributed by atoms with Gasteiger partial charge >= 0.3 is 0 Å². The predicted octanol–water partition coefficient (Wildman–Crippen LogP) is 2.08. The van der Waals surface area contributed by atoms with Gasteiger partial charge in [-0.3, -0.25) is 9.69 Å². The second-order valence-electron chi connectivity index (χ2n) is 6.14. The largest absolute Gasteiger partial charge is 0.376 e. The summed E-state index contributed by atoms with van der Waals surface area (Å²) in [6, 6.07) is 1.86. The molecule has 0 spiro atoms. The first-order chi connectivity index (χ1) is 11.3. The van der Waals surface area contributed by atoms with Crippen LogP contribution in [0.1, 0.15) is 15.4 Å². The molecule has 4 heterocycles. The number of carbonyl (C=O) groups excluding carboxylic acids is 1. The molecule has 122 valence electrons. The van der Waals surface area contributed by atoms with Gasteiger partial charge in [0, 0.05) is 54.0 Å². The van der Waals surface area contributed by atoms with Gasteiger partial charge in [-0.1, -0.05) is 0 Å². The van der Waals surface area contributed by atoms with Crippen LogP contribution in [0.25, 0.3) is 0 Å². The number of fused-ring (bicyclic) bond motifs is 1. The van der Waals surface area contributed by atoms with E-state index in [1.807, 2.05) is 28.4 Å². The lowest BCUT2D eigenvalue weighted by Crippen LogP contribution is -2.34. The molecule has 0 aliphatic carbocycles. The molecule has 2 saturated heterocycles. The minimum Gasteiger partial charge on any atom is -0.376 e. The van der Waals surface area contributed by atoms with Crippen LogP contribution in [0.5, 0.6) is 0 Å². The Morgan fingerprint density at radius 3 is 3.17 bits per heavy atom. The maximum Gasteiger partial charge on any atom is 0.252 e. The van der Waals surface area contributed by atoms with Gasteiger partial charge in [-0.25, -0.2) is 4.98 Å². The molecule has 2 aliphatic rings. The number of thiophene rings is 1. The fraction of sp³-hybridized carbons (Fsp3) is 0.500. The highest BCUT2D eigenvalue weighted by atomic mass is 32.1. The summed E-state index contributed by atoms with van der Waals surface area (Å²) >= 11 is 3.25. The zero-order valence-corrected chi connectivity index (χ0v) is 14.3. The first kappa shape index (κ1) is 15.3. The molecular weight excluding hydrogens is 330 g/mol. The van der Waals surface area contributed by atoms with E-state index in [1.54, 1.807) is 22.7 Å². The van der Waals surface area contributed by atoms with Crippen molar-refractivity contribution < 1.29 is 9.53 Å². The van der Waals surface area contributed by atoms with E-state index in [-0.39, 0.29) is 5.91 Å². The second kappa shape index (κ2) is 6.68. The molecule has 2 aromatic rings. The fourth-order valence-corrected chi connectivity index (χ4v) is 4.75. The standard InChI is InChI=1S/C16H19N3O2S2/c20-16(11-1-3-22-10-11)18-5-12-9-21-14-7-19(6-13(12)14)8-15-17-2-4-23-15/h1-4,10,12-14H,5-9H2,(H,18,20)/t12-,13+,14+/m1/s1. The Balaban J connectivity index is 1.30. The third kappa shape index (κ3) is 3.33. The van der Waals surface area contributed by atoms with E-state index in [9.17, 15) is 4.79 Å². The Hall–Kier alpha value is -1.28. The van der Waals surface area contributed by atoms with Gasteiger partial charge in [-0.05, 0) is 11.4 Å². The Kier molecular flexibility index (Phi) is 4.43. The number of nitrogens with one attached hydrogen (secondary N) is 1. The summed E-state index contributed by atoms with van der Waals surface area (Å²) < 4.78 is 5.95. The van der Waals surface area contributed by atoms with E-state index < -0.39 is 0 Å². The average Bonchev–Trinajstić information content (AvgIpc) is 3.31. The van der Waals surface area contributed by atoms with Crippen LogP contribution in [-0.2, 0) is 11.3 Å². The van der Waals surface area contributed by atoms with Gasteiger partial charge < -0.3 is 10.1 Å². The Morgan fingerprint density at radius 2 is 2.39 bits per heavy atom. The molecule has 4 rings (SSSR count). The predicted molar refractivity (Wildman–Crippen MR) is 90.8 cm³/mol. The van der Waals surface area contributed by atoms with Gasteiger partial charge in [0.25, 0.3) is 5.91 Å². The van der Waals surface area contributed by atoms with E-state index >= 15 is 0 Å². The number of ether oxygens (including phenoxy) is 1. The zero-order valence-electron chi connectivity index (χ0n) is 12.7. The molecule has 1 N–H and O–H groups in total. The minimum atomic E-state index is 0.0207. The summed E-state index contributed by atoms with van der Waals surface area (Å²) in [6.07, 6.45) is 2.16. The SMILES string of the molecule is O=C(NC[C@@H]1CO[C@H]2CN(Cc3nccs3)C[C@@H]12)c1ccsc1. The molecular formula is C16H19N3O2S2. The van der Waals surface area contributed by atoms with Gasteiger partial charge in [-0.2, -0.15) is 11.3 Å². The van der Waals surface area contributed by atoms with Crippen molar-refractivity contribution in [3.05, 3.63) is 39.0 Å². The Labute approximate surface area is 143 Å². The third-order valence-electron chi connectivity index (χ3n) is 4.67. The minimum absolute atomic E-state index is 0.0207. The van der Waals surface area contributed by atoms with Crippen molar-refractivity contribution in [3.63, 3.8) is 0 Å². The number of carbonyl (C=O) groups is 1. The average molecular weight is 349 g/mol. The maximum absolute atomic E-state index is 12.1. The van der Waals surface area contributed by atoms with Crippen LogP contribution in [0, 0.1) is 11.8 Å². The third-order valence-corrected chi connectivity index (χ3v) is 6.11. The topological polar surface area (TPSA) is 54.5 Å². The van der Waals surface area contributed by atoms with Crippen molar-refractivity contribution in [2.75, 3.05) is 26.2 Å². The molecule has 23 heavy (non-hydrogen) atoms. The normalized spacial score (nSPS) is 27.2. The van der Waals surface area contributed by atoms with E-state index in [1.165, 1.54) is 0 Å². The molecule has 0 radical (unpaired) electrons. The second-order valence-corrected chi connectivity index (χ2v) is 7.90. The number of amides is 1. The monoisotopic (exact) mass is 349 g/mol. The molecule has 0 saturated carbocycles. The zero-order chi connectivity index (χ0) is 15.6. The lowest BCUT2D eigenvalue weighted by Gasteiger charge is -2.19. The summed E-state index contributed by atoms with van der Waals surface area (Å²) in [5.41, 5.74) is 0.752. The summed E-state index contributed by atoms with van der Waals surface area (Å²) in [4.78, 5) is 18.8.